The van der Waals surface area contributed by atoms with Crippen LogP contribution in [0.3, 0.4) is 0 Å². The summed E-state index contributed by atoms with van der Waals surface area (Å²) < 4.78 is 0. The Balaban J connectivity index is 2.02. The average Bonchev–Trinajstić information content (AvgIpc) is 2.70. The van der Waals surface area contributed by atoms with Crippen LogP contribution in [0.15, 0.2) is 0 Å². The maximum absolute atomic E-state index is 2.53. The second-order valence-electron chi connectivity index (χ2n) is 6.31. The molecule has 2 rings (SSSR count). The van der Waals surface area contributed by atoms with Crippen LogP contribution in [0.5, 0.6) is 0 Å². The number of likely N-dealkylation sites (tertiary alicyclic amines) is 1. The lowest BCUT2D eigenvalue weighted by Gasteiger charge is -2.47. The molecular weight excluding hydrogens is 196 g/mol. The van der Waals surface area contributed by atoms with Gasteiger partial charge in [-0.15, -0.1) is 0 Å². The van der Waals surface area contributed by atoms with Crippen LogP contribution in [0.2, 0.25) is 0 Å². The van der Waals surface area contributed by atoms with Crippen LogP contribution >= 0.6 is 0 Å². The first-order chi connectivity index (χ1) is 7.62. The molecule has 1 heterocycles. The van der Waals surface area contributed by atoms with Crippen LogP contribution in [0.4, 0.5) is 0 Å². The first-order valence-corrected chi connectivity index (χ1v) is 6.98. The summed E-state index contributed by atoms with van der Waals surface area (Å²) in [6, 6.07) is 0. The molecule has 1 saturated heterocycles. The van der Waals surface area contributed by atoms with E-state index in [0.29, 0.717) is 5.54 Å². The standard InChI is InChI=1S/C14H28N2/c1-15(2)14(9-6-10-16(3)12-14)11-13-7-4-5-8-13/h13H,4-12H2,1-3H3/t14-/m0/s1. The minimum absolute atomic E-state index is 0.474. The van der Waals surface area contributed by atoms with Gasteiger partial charge in [0.25, 0.3) is 0 Å². The van der Waals surface area contributed by atoms with Crippen molar-refractivity contribution in [3.63, 3.8) is 0 Å². The zero-order chi connectivity index (χ0) is 11.6. The van der Waals surface area contributed by atoms with Crippen LogP contribution in [0.25, 0.3) is 0 Å². The smallest absolute Gasteiger partial charge is 0.0333 e. The molecule has 0 N–H and O–H groups in total. The third-order valence-electron chi connectivity index (χ3n) is 4.84. The molecule has 0 bridgehead atoms. The predicted octanol–water partition coefficient (Wildman–Crippen LogP) is 2.59. The van der Waals surface area contributed by atoms with Crippen molar-refractivity contribution >= 4 is 0 Å². The molecule has 0 aromatic carbocycles. The van der Waals surface area contributed by atoms with Crippen LogP contribution in [0, 0.1) is 5.92 Å². The first-order valence-electron chi connectivity index (χ1n) is 6.98. The average molecular weight is 224 g/mol. The van der Waals surface area contributed by atoms with E-state index >= 15 is 0 Å². The second kappa shape index (κ2) is 5.05. The van der Waals surface area contributed by atoms with Gasteiger partial charge >= 0.3 is 0 Å². The quantitative estimate of drug-likeness (QED) is 0.727. The van der Waals surface area contributed by atoms with E-state index in [1.165, 1.54) is 58.0 Å². The molecule has 1 saturated carbocycles. The molecule has 0 aromatic rings. The van der Waals surface area contributed by atoms with Gasteiger partial charge in [-0.2, -0.15) is 0 Å². The fourth-order valence-corrected chi connectivity index (χ4v) is 3.80. The van der Waals surface area contributed by atoms with E-state index in [-0.39, 0.29) is 0 Å². The van der Waals surface area contributed by atoms with Crippen LogP contribution < -0.4 is 0 Å². The molecule has 0 unspecified atom stereocenters. The van der Waals surface area contributed by atoms with Gasteiger partial charge in [-0.25, -0.2) is 0 Å². The summed E-state index contributed by atoms with van der Waals surface area (Å²) in [5, 5.41) is 0. The van der Waals surface area contributed by atoms with Crippen molar-refractivity contribution in [2.75, 3.05) is 34.2 Å². The van der Waals surface area contributed by atoms with Crippen molar-refractivity contribution in [2.24, 2.45) is 5.92 Å². The zero-order valence-corrected chi connectivity index (χ0v) is 11.3. The van der Waals surface area contributed by atoms with E-state index in [4.69, 9.17) is 0 Å². The first kappa shape index (κ1) is 12.4. The topological polar surface area (TPSA) is 6.48 Å². The maximum atomic E-state index is 2.53. The minimum atomic E-state index is 0.474. The summed E-state index contributed by atoms with van der Waals surface area (Å²) in [7, 11) is 6.86. The van der Waals surface area contributed by atoms with Crippen LogP contribution in [-0.2, 0) is 0 Å². The Labute approximate surface area is 101 Å². The Morgan fingerprint density at radius 1 is 1.19 bits per heavy atom. The molecule has 1 aliphatic carbocycles. The molecule has 0 aromatic heterocycles. The number of hydrogen-bond acceptors (Lipinski definition) is 2. The van der Waals surface area contributed by atoms with Gasteiger partial charge < -0.3 is 9.80 Å². The monoisotopic (exact) mass is 224 g/mol. The minimum Gasteiger partial charge on any atom is -0.305 e. The van der Waals surface area contributed by atoms with Crippen molar-refractivity contribution < 1.29 is 0 Å². The summed E-state index contributed by atoms with van der Waals surface area (Å²) in [5.41, 5.74) is 0.474. The van der Waals surface area contributed by atoms with Crippen molar-refractivity contribution in [3.8, 4) is 0 Å². The molecule has 0 amide bonds. The van der Waals surface area contributed by atoms with Gasteiger partial charge in [-0.05, 0) is 52.9 Å². The zero-order valence-electron chi connectivity index (χ0n) is 11.3. The van der Waals surface area contributed by atoms with Gasteiger partial charge in [-0.3, -0.25) is 0 Å². The Morgan fingerprint density at radius 2 is 1.88 bits per heavy atom. The number of nitrogens with zero attached hydrogens (tertiary/aromatic N) is 2. The molecule has 16 heavy (non-hydrogen) atoms. The highest BCUT2D eigenvalue weighted by Crippen LogP contribution is 2.37. The van der Waals surface area contributed by atoms with Crippen molar-refractivity contribution in [1.82, 2.24) is 9.80 Å². The molecule has 2 nitrogen and oxygen atoms in total. The predicted molar refractivity (Wildman–Crippen MR) is 69.7 cm³/mol. The lowest BCUT2D eigenvalue weighted by Crippen LogP contribution is -2.56. The van der Waals surface area contributed by atoms with Gasteiger partial charge in [0.1, 0.15) is 0 Å². The summed E-state index contributed by atoms with van der Waals surface area (Å²) in [6.45, 7) is 2.57. The second-order valence-corrected chi connectivity index (χ2v) is 6.31. The third-order valence-corrected chi connectivity index (χ3v) is 4.84. The number of likely N-dealkylation sites (N-methyl/N-ethyl adjacent to an activating group) is 2. The summed E-state index contributed by atoms with van der Waals surface area (Å²) >= 11 is 0. The van der Waals surface area contributed by atoms with E-state index in [2.05, 4.69) is 30.9 Å². The van der Waals surface area contributed by atoms with Gasteiger partial charge in [0.05, 0.1) is 0 Å². The van der Waals surface area contributed by atoms with Crippen molar-refractivity contribution in [2.45, 2.75) is 50.5 Å². The highest BCUT2D eigenvalue weighted by Gasteiger charge is 2.38. The van der Waals surface area contributed by atoms with Gasteiger partial charge in [-0.1, -0.05) is 25.7 Å². The molecule has 1 aliphatic heterocycles. The van der Waals surface area contributed by atoms with E-state index < -0.39 is 0 Å². The highest BCUT2D eigenvalue weighted by atomic mass is 15.2. The molecule has 1 atom stereocenters. The lowest BCUT2D eigenvalue weighted by molar-refractivity contribution is 0.0357. The number of piperidine rings is 1. The largest absolute Gasteiger partial charge is 0.305 e. The van der Waals surface area contributed by atoms with E-state index in [1.54, 1.807) is 0 Å². The van der Waals surface area contributed by atoms with E-state index in [9.17, 15) is 0 Å². The Hall–Kier alpha value is -0.0800. The summed E-state index contributed by atoms with van der Waals surface area (Å²) in [5.74, 6) is 1.01. The Bertz CT molecular complexity index is 221. The van der Waals surface area contributed by atoms with Gasteiger partial charge in [0.15, 0.2) is 0 Å². The Kier molecular flexibility index (Phi) is 3.91. The fourth-order valence-electron chi connectivity index (χ4n) is 3.80. The summed E-state index contributed by atoms with van der Waals surface area (Å²) in [6.07, 6.45) is 10.1. The van der Waals surface area contributed by atoms with Crippen LogP contribution in [0.1, 0.15) is 44.9 Å². The Morgan fingerprint density at radius 3 is 2.44 bits per heavy atom. The van der Waals surface area contributed by atoms with E-state index in [1.807, 2.05) is 0 Å². The van der Waals surface area contributed by atoms with E-state index in [0.717, 1.165) is 5.92 Å². The van der Waals surface area contributed by atoms with Crippen molar-refractivity contribution in [1.29, 1.82) is 0 Å². The molecule has 0 spiro atoms. The highest BCUT2D eigenvalue weighted by molar-refractivity contribution is 4.96. The molecule has 94 valence electrons. The normalized spacial score (nSPS) is 33.8. The third kappa shape index (κ3) is 2.60. The fraction of sp³-hybridized carbons (Fsp3) is 1.00. The lowest BCUT2D eigenvalue weighted by atomic mass is 9.79. The summed E-state index contributed by atoms with van der Waals surface area (Å²) in [4.78, 5) is 5.04. The molecule has 0 radical (unpaired) electrons. The van der Waals surface area contributed by atoms with Crippen LogP contribution in [-0.4, -0.2) is 49.6 Å². The maximum Gasteiger partial charge on any atom is 0.0333 e. The van der Waals surface area contributed by atoms with Crippen molar-refractivity contribution in [3.05, 3.63) is 0 Å². The number of rotatable bonds is 3. The molecular formula is C14H28N2. The molecule has 2 fully saturated rings. The molecule has 2 heteroatoms. The molecule has 2 aliphatic rings. The van der Waals surface area contributed by atoms with Gasteiger partial charge in [0, 0.05) is 12.1 Å². The SMILES string of the molecule is CN1CCC[C@@](CC2CCCC2)(N(C)C)C1. The number of hydrogen-bond donors (Lipinski definition) is 0. The van der Waals surface area contributed by atoms with Gasteiger partial charge in [0.2, 0.25) is 0 Å².